The van der Waals surface area contributed by atoms with Crippen LogP contribution in [0.5, 0.6) is 11.5 Å². The van der Waals surface area contributed by atoms with Gasteiger partial charge in [-0.2, -0.15) is 4.31 Å². The van der Waals surface area contributed by atoms with Gasteiger partial charge in [-0.05, 0) is 49.2 Å². The second-order valence-electron chi connectivity index (χ2n) is 6.86. The average molecular weight is 419 g/mol. The summed E-state index contributed by atoms with van der Waals surface area (Å²) in [5.74, 6) is 0.708. The number of ether oxygens (including phenoxy) is 2. The number of hydrogen-bond donors (Lipinski definition) is 1. The summed E-state index contributed by atoms with van der Waals surface area (Å²) in [6.07, 6.45) is -0.826. The lowest BCUT2D eigenvalue weighted by Gasteiger charge is -2.26. The van der Waals surface area contributed by atoms with Crippen molar-refractivity contribution in [3.8, 4) is 11.5 Å². The average Bonchev–Trinajstić information content (AvgIpc) is 2.71. The fraction of sp³-hybridized carbons (Fsp3) is 0.381. The zero-order valence-electron chi connectivity index (χ0n) is 17.1. The highest BCUT2D eigenvalue weighted by atomic mass is 32.2. The first-order valence-corrected chi connectivity index (χ1v) is 11.0. The molecule has 0 radical (unpaired) electrons. The van der Waals surface area contributed by atoms with Crippen LogP contribution < -0.4 is 14.8 Å². The molecule has 29 heavy (non-hydrogen) atoms. The Morgan fingerprint density at radius 3 is 2.45 bits per heavy atom. The summed E-state index contributed by atoms with van der Waals surface area (Å²) in [7, 11) is -3.64. The molecule has 156 valence electrons. The van der Waals surface area contributed by atoms with Crippen LogP contribution in [-0.2, 0) is 14.8 Å². The third-order valence-corrected chi connectivity index (χ3v) is 7.07. The zero-order chi connectivity index (χ0) is 21.2. The van der Waals surface area contributed by atoms with Crippen LogP contribution in [0.3, 0.4) is 0 Å². The zero-order valence-corrected chi connectivity index (χ0v) is 17.9. The maximum Gasteiger partial charge on any atom is 0.269 e. The van der Waals surface area contributed by atoms with Crippen LogP contribution in [0.2, 0.25) is 0 Å². The number of para-hydroxylation sites is 2. The molecule has 1 aliphatic rings. The fourth-order valence-corrected chi connectivity index (χ4v) is 4.75. The van der Waals surface area contributed by atoms with E-state index in [4.69, 9.17) is 9.47 Å². The van der Waals surface area contributed by atoms with Crippen LogP contribution in [0.25, 0.3) is 0 Å². The van der Waals surface area contributed by atoms with E-state index in [0.29, 0.717) is 30.3 Å². The van der Waals surface area contributed by atoms with E-state index in [1.165, 1.54) is 10.4 Å². The summed E-state index contributed by atoms with van der Waals surface area (Å²) in [6, 6.07) is 10.3. The van der Waals surface area contributed by atoms with Crippen LogP contribution in [0.15, 0.2) is 41.3 Å². The number of anilines is 1. The molecule has 0 aromatic heterocycles. The smallest absolute Gasteiger partial charge is 0.269 e. The van der Waals surface area contributed by atoms with Crippen LogP contribution in [0.1, 0.15) is 25.0 Å². The number of hydrogen-bond acceptors (Lipinski definition) is 5. The molecule has 2 aromatic carbocycles. The Bertz CT molecular complexity index is 1020. The predicted molar refractivity (Wildman–Crippen MR) is 111 cm³/mol. The Hall–Kier alpha value is -2.58. The maximum atomic E-state index is 12.9. The molecule has 0 bridgehead atoms. The Morgan fingerprint density at radius 1 is 1.14 bits per heavy atom. The first kappa shape index (κ1) is 21.1. The Morgan fingerprint density at radius 2 is 1.79 bits per heavy atom. The van der Waals surface area contributed by atoms with Crippen molar-refractivity contribution >= 4 is 21.6 Å². The van der Waals surface area contributed by atoms with Crippen molar-refractivity contribution < 1.29 is 22.7 Å². The minimum absolute atomic E-state index is 0.0817. The lowest BCUT2D eigenvalue weighted by molar-refractivity contribution is -0.125. The predicted octanol–water partition coefficient (Wildman–Crippen LogP) is 3.11. The van der Waals surface area contributed by atoms with E-state index >= 15 is 0 Å². The van der Waals surface area contributed by atoms with E-state index in [0.717, 1.165) is 11.1 Å². The summed E-state index contributed by atoms with van der Waals surface area (Å²) in [5, 5.41) is 2.81. The van der Waals surface area contributed by atoms with E-state index < -0.39 is 16.1 Å². The normalized spacial score (nSPS) is 16.0. The standard InChI is InChI=1S/C21H26N2O5S/c1-5-23(6-2)29(25,26)16-11-14(3)15(4)17(12-16)22-21(24)20-13-27-18-9-7-8-10-19(18)28-20/h7-12,20H,5-6,13H2,1-4H3,(H,22,24)/t20-/m0/s1. The van der Waals surface area contributed by atoms with E-state index in [9.17, 15) is 13.2 Å². The highest BCUT2D eigenvalue weighted by Crippen LogP contribution is 2.32. The molecule has 0 aliphatic carbocycles. The molecule has 0 saturated heterocycles. The number of amides is 1. The van der Waals surface area contributed by atoms with Crippen LogP contribution in [0.4, 0.5) is 5.69 Å². The maximum absolute atomic E-state index is 12.9. The number of carbonyl (C=O) groups is 1. The number of nitrogens with one attached hydrogen (secondary N) is 1. The summed E-state index contributed by atoms with van der Waals surface area (Å²) in [6.45, 7) is 8.08. The summed E-state index contributed by atoms with van der Waals surface area (Å²) in [5.41, 5.74) is 2.02. The summed E-state index contributed by atoms with van der Waals surface area (Å²) in [4.78, 5) is 12.9. The SMILES string of the molecule is CCN(CC)S(=O)(=O)c1cc(C)c(C)c(NC(=O)[C@@H]2COc3ccccc3O2)c1. The third kappa shape index (κ3) is 4.23. The molecule has 7 nitrogen and oxygen atoms in total. The van der Waals surface area contributed by atoms with Gasteiger partial charge < -0.3 is 14.8 Å². The Balaban J connectivity index is 1.86. The van der Waals surface area contributed by atoms with E-state index in [2.05, 4.69) is 5.32 Å². The van der Waals surface area contributed by atoms with Gasteiger partial charge in [-0.25, -0.2) is 8.42 Å². The second-order valence-corrected chi connectivity index (χ2v) is 8.79. The third-order valence-electron chi connectivity index (χ3n) is 5.04. The van der Waals surface area contributed by atoms with Gasteiger partial charge in [0.1, 0.15) is 6.61 Å². The topological polar surface area (TPSA) is 84.9 Å². The highest BCUT2D eigenvalue weighted by Gasteiger charge is 2.29. The lowest BCUT2D eigenvalue weighted by Crippen LogP contribution is -2.40. The number of carbonyl (C=O) groups excluding carboxylic acids is 1. The second kappa shape index (κ2) is 8.42. The number of aryl methyl sites for hydroxylation is 1. The first-order valence-electron chi connectivity index (χ1n) is 9.58. The van der Waals surface area contributed by atoms with Crippen LogP contribution in [0, 0.1) is 13.8 Å². The van der Waals surface area contributed by atoms with E-state index in [1.54, 1.807) is 38.1 Å². The molecule has 0 fully saturated rings. The van der Waals surface area contributed by atoms with Crippen molar-refractivity contribution in [2.45, 2.75) is 38.7 Å². The number of benzene rings is 2. The van der Waals surface area contributed by atoms with Gasteiger partial charge in [-0.3, -0.25) is 4.79 Å². The van der Waals surface area contributed by atoms with E-state index in [1.807, 2.05) is 19.9 Å². The molecule has 2 aromatic rings. The molecular weight excluding hydrogens is 392 g/mol. The van der Waals surface area contributed by atoms with Crippen molar-refractivity contribution in [2.75, 3.05) is 25.0 Å². The molecule has 0 spiro atoms. The largest absolute Gasteiger partial charge is 0.485 e. The molecule has 1 aliphatic heterocycles. The fourth-order valence-electron chi connectivity index (χ4n) is 3.18. The number of rotatable bonds is 6. The van der Waals surface area contributed by atoms with Crippen molar-refractivity contribution in [1.29, 1.82) is 0 Å². The Kier molecular flexibility index (Phi) is 6.14. The first-order chi connectivity index (χ1) is 13.8. The molecule has 1 atom stereocenters. The molecule has 8 heteroatoms. The van der Waals surface area contributed by atoms with Gasteiger partial charge >= 0.3 is 0 Å². The number of nitrogens with zero attached hydrogens (tertiary/aromatic N) is 1. The summed E-state index contributed by atoms with van der Waals surface area (Å²) < 4.78 is 38.5. The number of sulfonamides is 1. The van der Waals surface area contributed by atoms with Crippen molar-refractivity contribution in [2.24, 2.45) is 0 Å². The molecule has 1 amide bonds. The van der Waals surface area contributed by atoms with E-state index in [-0.39, 0.29) is 17.4 Å². The molecule has 1 heterocycles. The van der Waals surface area contributed by atoms with Gasteiger partial charge in [-0.1, -0.05) is 26.0 Å². The van der Waals surface area contributed by atoms with Gasteiger partial charge in [0.05, 0.1) is 4.90 Å². The lowest BCUT2D eigenvalue weighted by atomic mass is 10.1. The minimum atomic E-state index is -3.64. The Labute approximate surface area is 171 Å². The van der Waals surface area contributed by atoms with Crippen molar-refractivity contribution in [1.82, 2.24) is 4.31 Å². The van der Waals surface area contributed by atoms with Crippen LogP contribution in [-0.4, -0.2) is 44.4 Å². The quantitative estimate of drug-likeness (QED) is 0.779. The molecule has 3 rings (SSSR count). The van der Waals surface area contributed by atoms with Crippen molar-refractivity contribution in [3.05, 3.63) is 47.5 Å². The van der Waals surface area contributed by atoms with Crippen molar-refractivity contribution in [3.63, 3.8) is 0 Å². The van der Waals surface area contributed by atoms with Gasteiger partial charge in [0.15, 0.2) is 11.5 Å². The van der Waals surface area contributed by atoms with Gasteiger partial charge in [0, 0.05) is 18.8 Å². The molecule has 1 N–H and O–H groups in total. The minimum Gasteiger partial charge on any atom is -0.485 e. The summed E-state index contributed by atoms with van der Waals surface area (Å²) >= 11 is 0. The number of fused-ring (bicyclic) bond motifs is 1. The highest BCUT2D eigenvalue weighted by molar-refractivity contribution is 7.89. The molecule has 0 saturated carbocycles. The molecule has 0 unspecified atom stereocenters. The van der Waals surface area contributed by atoms with Gasteiger partial charge in [0.2, 0.25) is 16.1 Å². The molecular formula is C21H26N2O5S. The van der Waals surface area contributed by atoms with Gasteiger partial charge in [-0.15, -0.1) is 0 Å². The van der Waals surface area contributed by atoms with Gasteiger partial charge in [0.25, 0.3) is 5.91 Å². The monoisotopic (exact) mass is 418 g/mol. The van der Waals surface area contributed by atoms with Crippen LogP contribution >= 0.6 is 0 Å².